The van der Waals surface area contributed by atoms with Gasteiger partial charge in [0.25, 0.3) is 0 Å². The number of aliphatic hydroxyl groups is 1. The highest BCUT2D eigenvalue weighted by Crippen LogP contribution is 2.35. The van der Waals surface area contributed by atoms with Crippen molar-refractivity contribution < 1.29 is 14.2 Å². The van der Waals surface area contributed by atoms with E-state index in [4.69, 9.17) is 10.5 Å². The molecule has 0 atom stereocenters. The van der Waals surface area contributed by atoms with Gasteiger partial charge in [-0.15, -0.1) is 0 Å². The Kier molecular flexibility index (Phi) is 2.86. The van der Waals surface area contributed by atoms with Gasteiger partial charge in [0.15, 0.2) is 11.6 Å². The van der Waals surface area contributed by atoms with Gasteiger partial charge in [0, 0.05) is 12.5 Å². The first kappa shape index (κ1) is 11.4. The molecule has 88 valence electrons. The van der Waals surface area contributed by atoms with Crippen LogP contribution in [0.3, 0.4) is 0 Å². The fourth-order valence-electron chi connectivity index (χ4n) is 2.27. The van der Waals surface area contributed by atoms with Crippen molar-refractivity contribution >= 4 is 0 Å². The smallest absolute Gasteiger partial charge is 0.168 e. The molecule has 0 bridgehead atoms. The van der Waals surface area contributed by atoms with Crippen LogP contribution < -0.4 is 10.5 Å². The zero-order chi connectivity index (χ0) is 11.8. The van der Waals surface area contributed by atoms with Gasteiger partial charge in [-0.05, 0) is 24.5 Å². The van der Waals surface area contributed by atoms with Crippen LogP contribution in [-0.2, 0) is 6.42 Å². The highest BCUT2D eigenvalue weighted by Gasteiger charge is 2.41. The van der Waals surface area contributed by atoms with E-state index in [-0.39, 0.29) is 17.6 Å². The molecule has 1 aromatic carbocycles. The number of hydrogen-bond donors (Lipinski definition) is 2. The maximum Gasteiger partial charge on any atom is 0.168 e. The van der Waals surface area contributed by atoms with Gasteiger partial charge in [0.1, 0.15) is 0 Å². The van der Waals surface area contributed by atoms with E-state index >= 15 is 0 Å². The lowest BCUT2D eigenvalue weighted by Gasteiger charge is -2.42. The van der Waals surface area contributed by atoms with E-state index in [2.05, 4.69) is 0 Å². The third-order valence-electron chi connectivity index (χ3n) is 3.07. The summed E-state index contributed by atoms with van der Waals surface area (Å²) in [6.07, 6.45) is 1.36. The van der Waals surface area contributed by atoms with Crippen molar-refractivity contribution in [2.24, 2.45) is 5.73 Å². The van der Waals surface area contributed by atoms with Crippen LogP contribution in [0.25, 0.3) is 0 Å². The van der Waals surface area contributed by atoms with Gasteiger partial charge in [0.2, 0.25) is 0 Å². The number of nitrogens with two attached hydrogens (primary N) is 1. The highest BCUT2D eigenvalue weighted by atomic mass is 19.1. The Morgan fingerprint density at radius 2 is 2.25 bits per heavy atom. The second-order valence-electron chi connectivity index (χ2n) is 4.50. The van der Waals surface area contributed by atoms with Gasteiger partial charge < -0.3 is 15.6 Å². The Morgan fingerprint density at radius 1 is 1.56 bits per heavy atom. The van der Waals surface area contributed by atoms with E-state index < -0.39 is 5.60 Å². The lowest BCUT2D eigenvalue weighted by atomic mass is 9.72. The first-order valence-corrected chi connectivity index (χ1v) is 5.33. The third-order valence-corrected chi connectivity index (χ3v) is 3.07. The summed E-state index contributed by atoms with van der Waals surface area (Å²) in [5.41, 5.74) is 5.26. The Balaban J connectivity index is 2.16. The topological polar surface area (TPSA) is 55.5 Å². The second kappa shape index (κ2) is 4.03. The minimum Gasteiger partial charge on any atom is -0.494 e. The van der Waals surface area contributed by atoms with E-state index in [1.54, 1.807) is 18.2 Å². The third kappa shape index (κ3) is 2.03. The van der Waals surface area contributed by atoms with E-state index in [1.807, 2.05) is 0 Å². The van der Waals surface area contributed by atoms with Crippen molar-refractivity contribution in [1.82, 2.24) is 0 Å². The molecule has 0 spiro atoms. The normalized spacial score (nSPS) is 28.6. The number of methoxy groups -OCH3 is 1. The predicted molar refractivity (Wildman–Crippen MR) is 58.8 cm³/mol. The molecule has 1 aromatic rings. The SMILES string of the molecule is COc1cccc(CC2(O)CC(N)C2)c1F. The van der Waals surface area contributed by atoms with Crippen LogP contribution in [0, 0.1) is 5.82 Å². The molecular weight excluding hydrogens is 209 g/mol. The molecule has 0 amide bonds. The van der Waals surface area contributed by atoms with Crippen molar-refractivity contribution in [3.05, 3.63) is 29.6 Å². The molecule has 1 saturated carbocycles. The van der Waals surface area contributed by atoms with Crippen LogP contribution in [0.15, 0.2) is 18.2 Å². The molecule has 4 heteroatoms. The molecule has 16 heavy (non-hydrogen) atoms. The lowest BCUT2D eigenvalue weighted by Crippen LogP contribution is -2.52. The fraction of sp³-hybridized carbons (Fsp3) is 0.500. The fourth-order valence-corrected chi connectivity index (χ4v) is 2.27. The summed E-state index contributed by atoms with van der Waals surface area (Å²) in [6.45, 7) is 0. The van der Waals surface area contributed by atoms with Crippen LogP contribution in [0.4, 0.5) is 4.39 Å². The molecule has 3 nitrogen and oxygen atoms in total. The van der Waals surface area contributed by atoms with Crippen molar-refractivity contribution in [2.75, 3.05) is 7.11 Å². The first-order valence-electron chi connectivity index (χ1n) is 5.33. The standard InChI is InChI=1S/C12H16FNO2/c1-16-10-4-2-3-8(11(10)13)5-12(15)6-9(14)7-12/h2-4,9,15H,5-7,14H2,1H3. The summed E-state index contributed by atoms with van der Waals surface area (Å²) in [5.74, 6) is -0.177. The van der Waals surface area contributed by atoms with Gasteiger partial charge in [0.05, 0.1) is 12.7 Å². The molecule has 2 rings (SSSR count). The molecule has 1 aliphatic rings. The Morgan fingerprint density at radius 3 is 2.81 bits per heavy atom. The quantitative estimate of drug-likeness (QED) is 0.813. The average Bonchev–Trinajstić information content (AvgIpc) is 2.19. The van der Waals surface area contributed by atoms with Crippen molar-refractivity contribution in [3.8, 4) is 5.75 Å². The summed E-state index contributed by atoms with van der Waals surface area (Å²) in [7, 11) is 1.43. The molecule has 3 N–H and O–H groups in total. The van der Waals surface area contributed by atoms with Gasteiger partial charge in [-0.2, -0.15) is 0 Å². The summed E-state index contributed by atoms with van der Waals surface area (Å²) >= 11 is 0. The molecule has 0 heterocycles. The largest absolute Gasteiger partial charge is 0.494 e. The maximum atomic E-state index is 13.8. The van der Waals surface area contributed by atoms with Crippen LogP contribution in [0.1, 0.15) is 18.4 Å². The minimum atomic E-state index is -0.841. The lowest BCUT2D eigenvalue weighted by molar-refractivity contribution is -0.0461. The van der Waals surface area contributed by atoms with Crippen LogP contribution in [-0.4, -0.2) is 23.9 Å². The molecule has 0 aliphatic heterocycles. The number of hydrogen-bond acceptors (Lipinski definition) is 3. The van der Waals surface area contributed by atoms with E-state index in [0.717, 1.165) is 0 Å². The zero-order valence-electron chi connectivity index (χ0n) is 9.24. The first-order chi connectivity index (χ1) is 7.54. The van der Waals surface area contributed by atoms with Gasteiger partial charge in [-0.3, -0.25) is 0 Å². The second-order valence-corrected chi connectivity index (χ2v) is 4.50. The molecule has 0 saturated heterocycles. The summed E-state index contributed by atoms with van der Waals surface area (Å²) in [5, 5.41) is 10.0. The average molecular weight is 225 g/mol. The summed E-state index contributed by atoms with van der Waals surface area (Å²) < 4.78 is 18.7. The number of ether oxygens (including phenoxy) is 1. The monoisotopic (exact) mass is 225 g/mol. The van der Waals surface area contributed by atoms with Gasteiger partial charge in [-0.25, -0.2) is 4.39 Å². The van der Waals surface area contributed by atoms with E-state index in [1.165, 1.54) is 7.11 Å². The van der Waals surface area contributed by atoms with Gasteiger partial charge >= 0.3 is 0 Å². The number of benzene rings is 1. The van der Waals surface area contributed by atoms with Crippen molar-refractivity contribution in [3.63, 3.8) is 0 Å². The minimum absolute atomic E-state index is 0.0404. The molecule has 0 radical (unpaired) electrons. The molecule has 1 fully saturated rings. The Bertz CT molecular complexity index is 389. The predicted octanol–water partition coefficient (Wildman–Crippen LogP) is 1.23. The molecule has 0 aromatic heterocycles. The van der Waals surface area contributed by atoms with Crippen molar-refractivity contribution in [2.45, 2.75) is 30.9 Å². The number of halogens is 1. The van der Waals surface area contributed by atoms with E-state index in [9.17, 15) is 9.50 Å². The Labute approximate surface area is 94.0 Å². The Hall–Kier alpha value is -1.13. The van der Waals surface area contributed by atoms with Gasteiger partial charge in [-0.1, -0.05) is 12.1 Å². The number of rotatable bonds is 3. The molecule has 0 unspecified atom stereocenters. The van der Waals surface area contributed by atoms with E-state index in [0.29, 0.717) is 24.8 Å². The van der Waals surface area contributed by atoms with Crippen LogP contribution >= 0.6 is 0 Å². The molecule has 1 aliphatic carbocycles. The van der Waals surface area contributed by atoms with Crippen LogP contribution in [0.2, 0.25) is 0 Å². The molecular formula is C12H16FNO2. The van der Waals surface area contributed by atoms with Crippen LogP contribution in [0.5, 0.6) is 5.75 Å². The summed E-state index contributed by atoms with van der Waals surface area (Å²) in [4.78, 5) is 0. The zero-order valence-corrected chi connectivity index (χ0v) is 9.24. The summed E-state index contributed by atoms with van der Waals surface area (Å²) in [6, 6.07) is 4.99. The highest BCUT2D eigenvalue weighted by molar-refractivity contribution is 5.32. The van der Waals surface area contributed by atoms with Crippen molar-refractivity contribution in [1.29, 1.82) is 0 Å². The maximum absolute atomic E-state index is 13.8.